The smallest absolute Gasteiger partial charge is 0.252 e. The summed E-state index contributed by atoms with van der Waals surface area (Å²) in [5.41, 5.74) is 2.23. The van der Waals surface area contributed by atoms with Crippen LogP contribution in [0.5, 0.6) is 0 Å². The molecule has 0 aliphatic heterocycles. The van der Waals surface area contributed by atoms with Gasteiger partial charge in [0.1, 0.15) is 0 Å². The van der Waals surface area contributed by atoms with Gasteiger partial charge in [-0.1, -0.05) is 72.8 Å². The van der Waals surface area contributed by atoms with E-state index < -0.39 is 6.10 Å². The summed E-state index contributed by atoms with van der Waals surface area (Å²) >= 11 is 0. The SMILES string of the molecule is CC(C)(C)NC(=O)c1c(CCC(O)Cc2ccc3ccccc3c2C(=O)NC(C)(C)C)ccc2ccccc12.CCOC. The van der Waals surface area contributed by atoms with Crippen molar-refractivity contribution in [2.75, 3.05) is 13.7 Å². The van der Waals surface area contributed by atoms with E-state index >= 15 is 0 Å². The van der Waals surface area contributed by atoms with Crippen molar-refractivity contribution in [3.63, 3.8) is 0 Å². The molecule has 1 unspecified atom stereocenters. The second kappa shape index (κ2) is 14.6. The van der Waals surface area contributed by atoms with Gasteiger partial charge >= 0.3 is 0 Å². The van der Waals surface area contributed by atoms with Crippen LogP contribution in [-0.2, 0) is 17.6 Å². The average molecular weight is 585 g/mol. The van der Waals surface area contributed by atoms with Crippen LogP contribution < -0.4 is 10.6 Å². The van der Waals surface area contributed by atoms with Crippen LogP contribution in [0, 0.1) is 0 Å². The van der Waals surface area contributed by atoms with Gasteiger partial charge in [-0.25, -0.2) is 0 Å². The number of amides is 2. The van der Waals surface area contributed by atoms with E-state index in [9.17, 15) is 14.7 Å². The summed E-state index contributed by atoms with van der Waals surface area (Å²) in [6.45, 7) is 14.6. The van der Waals surface area contributed by atoms with Gasteiger partial charge in [0.25, 0.3) is 11.8 Å². The number of nitrogens with one attached hydrogen (secondary N) is 2. The summed E-state index contributed by atoms with van der Waals surface area (Å²) in [7, 11) is 1.68. The number of rotatable bonds is 8. The number of aliphatic hydroxyl groups is 1. The molecule has 0 heterocycles. The highest BCUT2D eigenvalue weighted by molar-refractivity contribution is 6.09. The van der Waals surface area contributed by atoms with Crippen molar-refractivity contribution >= 4 is 33.4 Å². The molecule has 0 fully saturated rings. The summed E-state index contributed by atoms with van der Waals surface area (Å²) < 4.78 is 4.54. The Bertz CT molecular complexity index is 1540. The van der Waals surface area contributed by atoms with Crippen LogP contribution in [0.2, 0.25) is 0 Å². The first kappa shape index (κ1) is 33.8. The fraction of sp³-hybridized carbons (Fsp3) is 0.405. The first-order chi connectivity index (χ1) is 20.2. The van der Waals surface area contributed by atoms with Crippen molar-refractivity contribution in [3.05, 3.63) is 95.1 Å². The Morgan fingerprint density at radius 2 is 1.14 bits per heavy atom. The standard InChI is InChI=1S/C34H40N2O3.C3H8O/c1-33(2,3)35-31(38)29-24(17-15-22-11-7-9-13-27(22)29)19-20-26(37)21-25-18-16-23-12-8-10-14-28(23)30(25)32(39)36-34(4,5)6;1-3-4-2/h7-18,26,37H,19-21H2,1-6H3,(H,35,38)(H,36,39);3H2,1-2H3. The van der Waals surface area contributed by atoms with E-state index in [1.54, 1.807) is 7.11 Å². The molecule has 0 bridgehead atoms. The highest BCUT2D eigenvalue weighted by Gasteiger charge is 2.23. The molecule has 4 rings (SSSR count). The fourth-order valence-electron chi connectivity index (χ4n) is 5.03. The van der Waals surface area contributed by atoms with Crippen LogP contribution >= 0.6 is 0 Å². The molecule has 0 aliphatic rings. The maximum atomic E-state index is 13.4. The lowest BCUT2D eigenvalue weighted by Gasteiger charge is -2.23. The third kappa shape index (κ3) is 9.63. The van der Waals surface area contributed by atoms with Gasteiger partial charge in [0.2, 0.25) is 0 Å². The highest BCUT2D eigenvalue weighted by atomic mass is 16.5. The predicted molar refractivity (Wildman–Crippen MR) is 178 cm³/mol. The molecule has 1 atom stereocenters. The molecule has 230 valence electrons. The first-order valence-electron chi connectivity index (χ1n) is 15.1. The number of hydrogen-bond acceptors (Lipinski definition) is 4. The van der Waals surface area contributed by atoms with E-state index in [1.165, 1.54) is 0 Å². The van der Waals surface area contributed by atoms with Crippen molar-refractivity contribution in [1.82, 2.24) is 10.6 Å². The van der Waals surface area contributed by atoms with E-state index in [2.05, 4.69) is 15.4 Å². The maximum absolute atomic E-state index is 13.4. The molecule has 4 aromatic carbocycles. The van der Waals surface area contributed by atoms with Gasteiger partial charge in [-0.05, 0) is 100 Å². The predicted octanol–water partition coefficient (Wildman–Crippen LogP) is 7.24. The number of carbonyl (C=O) groups is 2. The molecule has 43 heavy (non-hydrogen) atoms. The van der Waals surface area contributed by atoms with Gasteiger partial charge in [0.05, 0.1) is 17.2 Å². The lowest BCUT2D eigenvalue weighted by molar-refractivity contribution is 0.0908. The minimum atomic E-state index is -0.683. The lowest BCUT2D eigenvalue weighted by atomic mass is 9.91. The summed E-state index contributed by atoms with van der Waals surface area (Å²) in [4.78, 5) is 26.7. The average Bonchev–Trinajstić information content (AvgIpc) is 2.93. The number of fused-ring (bicyclic) bond motifs is 2. The Morgan fingerprint density at radius 3 is 1.58 bits per heavy atom. The summed E-state index contributed by atoms with van der Waals surface area (Å²) in [6, 6.07) is 23.7. The molecule has 0 aliphatic carbocycles. The number of benzene rings is 4. The summed E-state index contributed by atoms with van der Waals surface area (Å²) in [5, 5.41) is 21.1. The molecule has 0 radical (unpaired) electrons. The van der Waals surface area contributed by atoms with Crippen LogP contribution in [-0.4, -0.2) is 47.8 Å². The molecule has 0 spiro atoms. The van der Waals surface area contributed by atoms with Crippen molar-refractivity contribution in [1.29, 1.82) is 0 Å². The molecule has 3 N–H and O–H groups in total. The van der Waals surface area contributed by atoms with Gasteiger partial charge in [0.15, 0.2) is 0 Å². The van der Waals surface area contributed by atoms with E-state index in [-0.39, 0.29) is 22.9 Å². The first-order valence-corrected chi connectivity index (χ1v) is 15.1. The normalized spacial score (nSPS) is 12.4. The monoisotopic (exact) mass is 584 g/mol. The van der Waals surface area contributed by atoms with Crippen molar-refractivity contribution in [2.24, 2.45) is 0 Å². The van der Waals surface area contributed by atoms with Crippen LogP contribution in [0.1, 0.15) is 86.7 Å². The molecule has 0 aromatic heterocycles. The topological polar surface area (TPSA) is 87.7 Å². The lowest BCUT2D eigenvalue weighted by Crippen LogP contribution is -2.41. The van der Waals surface area contributed by atoms with Crippen LogP contribution in [0.3, 0.4) is 0 Å². The minimum Gasteiger partial charge on any atom is -0.393 e. The fourth-order valence-corrected chi connectivity index (χ4v) is 5.03. The van der Waals surface area contributed by atoms with E-state index in [0.717, 1.165) is 39.3 Å². The Hall–Kier alpha value is -3.74. The molecular weight excluding hydrogens is 536 g/mol. The van der Waals surface area contributed by atoms with Crippen LogP contribution in [0.25, 0.3) is 21.5 Å². The largest absolute Gasteiger partial charge is 0.393 e. The molecule has 6 heteroatoms. The number of ether oxygens (including phenoxy) is 1. The van der Waals surface area contributed by atoms with Gasteiger partial charge in [0, 0.05) is 24.8 Å². The molecule has 0 saturated heterocycles. The molecule has 6 nitrogen and oxygen atoms in total. The van der Waals surface area contributed by atoms with Gasteiger partial charge in [-0.3, -0.25) is 9.59 Å². The number of aryl methyl sites for hydroxylation is 1. The van der Waals surface area contributed by atoms with Gasteiger partial charge < -0.3 is 20.5 Å². The van der Waals surface area contributed by atoms with Gasteiger partial charge in [-0.2, -0.15) is 0 Å². The Labute approximate surface area is 256 Å². The zero-order chi connectivity index (χ0) is 31.8. The number of methoxy groups -OCH3 is 1. The number of carbonyl (C=O) groups excluding carboxylic acids is 2. The van der Waals surface area contributed by atoms with Crippen molar-refractivity contribution in [3.8, 4) is 0 Å². The van der Waals surface area contributed by atoms with Crippen molar-refractivity contribution in [2.45, 2.75) is 84.9 Å². The van der Waals surface area contributed by atoms with E-state index in [4.69, 9.17) is 0 Å². The quantitative estimate of drug-likeness (QED) is 0.204. The summed E-state index contributed by atoms with van der Waals surface area (Å²) in [5.74, 6) is -0.253. The number of aliphatic hydroxyl groups excluding tert-OH is 1. The molecule has 2 amide bonds. The van der Waals surface area contributed by atoms with E-state index in [0.29, 0.717) is 30.4 Å². The zero-order valence-electron chi connectivity index (χ0n) is 27.0. The second-order valence-electron chi connectivity index (χ2n) is 13.0. The highest BCUT2D eigenvalue weighted by Crippen LogP contribution is 2.27. The number of hydrogen-bond donors (Lipinski definition) is 3. The van der Waals surface area contributed by atoms with Crippen LogP contribution in [0.15, 0.2) is 72.8 Å². The Morgan fingerprint density at radius 1 is 0.721 bits per heavy atom. The maximum Gasteiger partial charge on any atom is 0.252 e. The second-order valence-corrected chi connectivity index (χ2v) is 13.0. The molecule has 0 saturated carbocycles. The van der Waals surface area contributed by atoms with E-state index in [1.807, 2.05) is 121 Å². The third-order valence-corrected chi connectivity index (χ3v) is 6.95. The third-order valence-electron chi connectivity index (χ3n) is 6.95. The minimum absolute atomic E-state index is 0.112. The zero-order valence-corrected chi connectivity index (χ0v) is 27.0. The Kier molecular flexibility index (Phi) is 11.5. The summed E-state index contributed by atoms with van der Waals surface area (Å²) in [6.07, 6.45) is 0.656. The molecule has 4 aromatic rings. The van der Waals surface area contributed by atoms with Gasteiger partial charge in [-0.15, -0.1) is 0 Å². The Balaban J connectivity index is 0.00000119. The molecular formula is C37H48N2O4. The van der Waals surface area contributed by atoms with Crippen LogP contribution in [0.4, 0.5) is 0 Å². The van der Waals surface area contributed by atoms with Crippen molar-refractivity contribution < 1.29 is 19.4 Å².